The monoisotopic (exact) mass is 411 g/mol. The number of hydrogen-bond acceptors (Lipinski definition) is 7. The second-order valence-corrected chi connectivity index (χ2v) is 6.39. The van der Waals surface area contributed by atoms with Gasteiger partial charge in [-0.1, -0.05) is 23.2 Å². The van der Waals surface area contributed by atoms with Crippen molar-refractivity contribution in [2.45, 2.75) is 24.5 Å². The third kappa shape index (κ3) is 3.54. The Morgan fingerprint density at radius 2 is 1.85 bits per heavy atom. The molecule has 1 aromatic carbocycles. The standard InChI is InChI=1S/C15H13Cl2NO7.Na/c16-7-1-5-9(2-8(7)17)18(3-6(11(5)20)15(23)24)14-13(22)12(21)10(4-19)25-14;/h1-3,10,12-14,19,21-22H,4H2,(H,23,24);/q;+1/p-1/t10-,12-,13-,14-;/m1./s1. The van der Waals surface area contributed by atoms with Gasteiger partial charge in [0.15, 0.2) is 11.7 Å². The van der Waals surface area contributed by atoms with Crippen molar-refractivity contribution in [3.63, 3.8) is 0 Å². The second kappa shape index (κ2) is 8.14. The molecule has 1 fully saturated rings. The predicted octanol–water partition coefficient (Wildman–Crippen LogP) is -3.71. The van der Waals surface area contributed by atoms with E-state index in [4.69, 9.17) is 27.9 Å². The number of hydrogen-bond donors (Lipinski definition) is 3. The van der Waals surface area contributed by atoms with E-state index in [9.17, 15) is 30.0 Å². The average Bonchev–Trinajstić information content (AvgIpc) is 2.85. The molecule has 8 nitrogen and oxygen atoms in total. The minimum atomic E-state index is -1.72. The number of carboxylic acids is 1. The molecule has 4 atom stereocenters. The minimum absolute atomic E-state index is 0. The molecule has 2 heterocycles. The number of halogens is 2. The first kappa shape index (κ1) is 21.6. The summed E-state index contributed by atoms with van der Waals surface area (Å²) >= 11 is 11.9. The number of aliphatic hydroxyl groups is 3. The summed E-state index contributed by atoms with van der Waals surface area (Å²) in [6, 6.07) is 2.51. The van der Waals surface area contributed by atoms with Crippen molar-refractivity contribution < 1.29 is 59.5 Å². The maximum Gasteiger partial charge on any atom is 1.00 e. The van der Waals surface area contributed by atoms with Gasteiger partial charge in [0, 0.05) is 11.6 Å². The molecule has 1 aliphatic heterocycles. The summed E-state index contributed by atoms with van der Waals surface area (Å²) < 4.78 is 6.54. The molecule has 11 heteroatoms. The van der Waals surface area contributed by atoms with Crippen LogP contribution in [0.4, 0.5) is 0 Å². The fourth-order valence-electron chi connectivity index (χ4n) is 2.81. The van der Waals surface area contributed by atoms with Gasteiger partial charge >= 0.3 is 29.6 Å². The van der Waals surface area contributed by atoms with Crippen LogP contribution in [-0.2, 0) is 4.74 Å². The van der Waals surface area contributed by atoms with Crippen LogP contribution in [0.15, 0.2) is 23.1 Å². The maximum atomic E-state index is 12.3. The van der Waals surface area contributed by atoms with E-state index < -0.39 is 48.1 Å². The normalized spacial score (nSPS) is 25.3. The molecule has 1 aromatic heterocycles. The molecule has 0 bridgehead atoms. The fourth-order valence-corrected chi connectivity index (χ4v) is 3.13. The topological polar surface area (TPSA) is 132 Å². The molecule has 0 radical (unpaired) electrons. The zero-order valence-corrected chi connectivity index (χ0v) is 16.9. The number of nitrogens with zero attached hydrogens (tertiary/aromatic N) is 1. The Balaban J connectivity index is 0.00000243. The average molecular weight is 412 g/mol. The molecule has 0 unspecified atom stereocenters. The van der Waals surface area contributed by atoms with Gasteiger partial charge in [-0.2, -0.15) is 0 Å². The summed E-state index contributed by atoms with van der Waals surface area (Å²) in [7, 11) is 0. The molecule has 1 saturated heterocycles. The molecule has 3 N–H and O–H groups in total. The van der Waals surface area contributed by atoms with Crippen LogP contribution in [0, 0.1) is 0 Å². The summed E-state index contributed by atoms with van der Waals surface area (Å²) in [5, 5.41) is 40.6. The molecule has 2 aromatic rings. The number of ether oxygens (including phenoxy) is 1. The van der Waals surface area contributed by atoms with Gasteiger partial charge in [0.05, 0.1) is 33.7 Å². The number of aliphatic hydroxyl groups excluding tert-OH is 3. The summed E-state index contributed by atoms with van der Waals surface area (Å²) in [5.74, 6) is -1.72. The molecule has 0 saturated carbocycles. The molecule has 134 valence electrons. The Kier molecular flexibility index (Phi) is 6.76. The quantitative estimate of drug-likeness (QED) is 0.442. The molecule has 26 heavy (non-hydrogen) atoms. The summed E-state index contributed by atoms with van der Waals surface area (Å²) in [5.41, 5.74) is -1.38. The van der Waals surface area contributed by atoms with Crippen molar-refractivity contribution in [1.29, 1.82) is 0 Å². The van der Waals surface area contributed by atoms with E-state index in [1.807, 2.05) is 0 Å². The van der Waals surface area contributed by atoms with Gasteiger partial charge in [-0.3, -0.25) is 4.79 Å². The first-order valence-corrected chi connectivity index (χ1v) is 7.89. The van der Waals surface area contributed by atoms with E-state index >= 15 is 0 Å². The van der Waals surface area contributed by atoms with E-state index in [1.165, 1.54) is 12.1 Å². The van der Waals surface area contributed by atoms with Crippen LogP contribution in [0.25, 0.3) is 10.9 Å². The molecule has 0 amide bonds. The number of benzene rings is 1. The van der Waals surface area contributed by atoms with Gasteiger partial charge in [0.2, 0.25) is 0 Å². The van der Waals surface area contributed by atoms with Gasteiger partial charge < -0.3 is 34.5 Å². The van der Waals surface area contributed by atoms with Gasteiger partial charge in [-0.15, -0.1) is 0 Å². The predicted molar refractivity (Wildman–Crippen MR) is 85.6 cm³/mol. The number of aromatic nitrogens is 1. The van der Waals surface area contributed by atoms with Gasteiger partial charge in [-0.25, -0.2) is 0 Å². The minimum Gasteiger partial charge on any atom is -0.545 e. The van der Waals surface area contributed by atoms with Crippen LogP contribution in [0.2, 0.25) is 10.0 Å². The number of fused-ring (bicyclic) bond motifs is 1. The van der Waals surface area contributed by atoms with E-state index in [0.717, 1.165) is 10.8 Å². The van der Waals surface area contributed by atoms with Crippen LogP contribution >= 0.6 is 23.2 Å². The van der Waals surface area contributed by atoms with E-state index in [0.29, 0.717) is 0 Å². The van der Waals surface area contributed by atoms with Gasteiger partial charge in [0.25, 0.3) is 0 Å². The van der Waals surface area contributed by atoms with Crippen molar-refractivity contribution in [1.82, 2.24) is 4.57 Å². The van der Waals surface area contributed by atoms with Crippen LogP contribution in [0.1, 0.15) is 16.6 Å². The molecule has 0 aliphatic carbocycles. The van der Waals surface area contributed by atoms with Crippen molar-refractivity contribution >= 4 is 40.1 Å². The van der Waals surface area contributed by atoms with Gasteiger partial charge in [-0.05, 0) is 12.1 Å². The molecular formula is C15H12Cl2NNaO7. The van der Waals surface area contributed by atoms with E-state index in [-0.39, 0.29) is 50.5 Å². The Hall–Kier alpha value is -0.680. The Labute approximate surface area is 178 Å². The number of carboxylic acid groups (broad SMARTS) is 1. The fraction of sp³-hybridized carbons (Fsp3) is 0.333. The molecular weight excluding hydrogens is 400 g/mol. The zero-order valence-electron chi connectivity index (χ0n) is 13.4. The summed E-state index contributed by atoms with van der Waals surface area (Å²) in [4.78, 5) is 23.6. The summed E-state index contributed by atoms with van der Waals surface area (Å²) in [6.07, 6.45) is -4.29. The smallest absolute Gasteiger partial charge is 0.545 e. The second-order valence-electron chi connectivity index (χ2n) is 5.58. The first-order chi connectivity index (χ1) is 11.8. The third-order valence-electron chi connectivity index (χ3n) is 4.09. The first-order valence-electron chi connectivity index (χ1n) is 7.14. The van der Waals surface area contributed by atoms with E-state index in [1.54, 1.807) is 0 Å². The zero-order chi connectivity index (χ0) is 18.5. The number of aromatic carboxylic acids is 1. The largest absolute Gasteiger partial charge is 1.00 e. The third-order valence-corrected chi connectivity index (χ3v) is 4.81. The van der Waals surface area contributed by atoms with Crippen molar-refractivity contribution in [2.75, 3.05) is 6.61 Å². The number of carbonyl (C=O) groups is 1. The number of rotatable bonds is 3. The van der Waals surface area contributed by atoms with Gasteiger partial charge in [0.1, 0.15) is 18.3 Å². The van der Waals surface area contributed by atoms with Crippen LogP contribution in [0.3, 0.4) is 0 Å². The Morgan fingerprint density at radius 1 is 1.23 bits per heavy atom. The molecule has 3 rings (SSSR count). The molecule has 1 aliphatic rings. The Morgan fingerprint density at radius 3 is 2.38 bits per heavy atom. The van der Waals surface area contributed by atoms with Crippen molar-refractivity contribution in [3.8, 4) is 0 Å². The van der Waals surface area contributed by atoms with E-state index in [2.05, 4.69) is 0 Å². The molecule has 0 spiro atoms. The number of pyridine rings is 1. The van der Waals surface area contributed by atoms with Crippen LogP contribution in [0.5, 0.6) is 0 Å². The Bertz CT molecular complexity index is 919. The summed E-state index contributed by atoms with van der Waals surface area (Å²) in [6.45, 7) is -0.563. The van der Waals surface area contributed by atoms with Crippen molar-refractivity contribution in [2.24, 2.45) is 0 Å². The van der Waals surface area contributed by atoms with Crippen LogP contribution in [-0.4, -0.2) is 50.8 Å². The van der Waals surface area contributed by atoms with Crippen molar-refractivity contribution in [3.05, 3.63) is 44.2 Å². The maximum absolute atomic E-state index is 12.3. The SMILES string of the molecule is O=C([O-])c1cn([C@@H]2O[C@H](CO)[C@@H](O)[C@H]2O)c2cc(Cl)c(Cl)cc2c1=O.[Na+]. The van der Waals surface area contributed by atoms with Crippen LogP contribution < -0.4 is 40.1 Å². The number of carbonyl (C=O) groups excluding carboxylic acids is 1.